The van der Waals surface area contributed by atoms with Gasteiger partial charge in [-0.15, -0.1) is 12.4 Å². The molecule has 0 aromatic rings. The number of amides is 1. The van der Waals surface area contributed by atoms with Crippen LogP contribution in [0.25, 0.3) is 0 Å². The molecule has 0 spiro atoms. The molecule has 0 aromatic carbocycles. The first-order chi connectivity index (χ1) is 9.54. The van der Waals surface area contributed by atoms with E-state index in [1.54, 1.807) is 0 Å². The first kappa shape index (κ1) is 18.8. The predicted octanol–water partition coefficient (Wildman–Crippen LogP) is 3.37. The van der Waals surface area contributed by atoms with E-state index in [1.807, 2.05) is 0 Å². The van der Waals surface area contributed by atoms with Crippen LogP contribution in [0, 0.1) is 23.7 Å². The van der Waals surface area contributed by atoms with Crippen molar-refractivity contribution in [3.63, 3.8) is 0 Å². The Morgan fingerprint density at radius 3 is 2.48 bits per heavy atom. The Morgan fingerprint density at radius 2 is 1.90 bits per heavy atom. The van der Waals surface area contributed by atoms with Crippen LogP contribution in [0.2, 0.25) is 0 Å². The lowest BCUT2D eigenvalue weighted by molar-refractivity contribution is -0.123. The fourth-order valence-corrected chi connectivity index (χ4v) is 4.17. The molecule has 2 N–H and O–H groups in total. The molecule has 0 radical (unpaired) electrons. The molecule has 1 aliphatic carbocycles. The molecule has 4 unspecified atom stereocenters. The topological polar surface area (TPSA) is 41.1 Å². The van der Waals surface area contributed by atoms with E-state index in [9.17, 15) is 4.79 Å². The van der Waals surface area contributed by atoms with Gasteiger partial charge in [0.25, 0.3) is 0 Å². The summed E-state index contributed by atoms with van der Waals surface area (Å²) >= 11 is 0. The highest BCUT2D eigenvalue weighted by atomic mass is 35.5. The van der Waals surface area contributed by atoms with Crippen LogP contribution in [0.15, 0.2) is 0 Å². The maximum atomic E-state index is 12.2. The Bertz CT molecular complexity index is 308. The highest BCUT2D eigenvalue weighted by Gasteiger charge is 2.27. The third-order valence-corrected chi connectivity index (χ3v) is 5.19. The van der Waals surface area contributed by atoms with Gasteiger partial charge in [0.05, 0.1) is 0 Å². The Balaban J connectivity index is 0.00000220. The van der Waals surface area contributed by atoms with Gasteiger partial charge >= 0.3 is 0 Å². The van der Waals surface area contributed by atoms with E-state index in [0.717, 1.165) is 37.8 Å². The highest BCUT2D eigenvalue weighted by molar-refractivity contribution is 5.85. The van der Waals surface area contributed by atoms with Gasteiger partial charge in [-0.05, 0) is 68.9 Å². The lowest BCUT2D eigenvalue weighted by atomic mass is 9.80. The van der Waals surface area contributed by atoms with Crippen molar-refractivity contribution < 1.29 is 4.79 Å². The minimum atomic E-state index is 0. The summed E-state index contributed by atoms with van der Waals surface area (Å²) in [5.41, 5.74) is 0. The number of hydrogen-bond donors (Lipinski definition) is 2. The summed E-state index contributed by atoms with van der Waals surface area (Å²) < 4.78 is 0. The van der Waals surface area contributed by atoms with E-state index in [1.165, 1.54) is 19.3 Å². The molecule has 1 saturated heterocycles. The number of nitrogens with one attached hydrogen (secondary N) is 2. The van der Waals surface area contributed by atoms with Gasteiger partial charge in [-0.2, -0.15) is 0 Å². The van der Waals surface area contributed by atoms with Gasteiger partial charge in [-0.3, -0.25) is 4.79 Å². The van der Waals surface area contributed by atoms with Crippen LogP contribution in [-0.4, -0.2) is 25.0 Å². The van der Waals surface area contributed by atoms with Crippen LogP contribution in [0.3, 0.4) is 0 Å². The van der Waals surface area contributed by atoms with Crippen molar-refractivity contribution >= 4 is 18.3 Å². The average Bonchev–Trinajstić information content (AvgIpc) is 2.38. The van der Waals surface area contributed by atoms with Crippen LogP contribution in [0.5, 0.6) is 0 Å². The zero-order valence-electron chi connectivity index (χ0n) is 13.9. The van der Waals surface area contributed by atoms with E-state index >= 15 is 0 Å². The lowest BCUT2D eigenvalue weighted by Crippen LogP contribution is -2.41. The molecule has 2 aliphatic rings. The lowest BCUT2D eigenvalue weighted by Gasteiger charge is -2.33. The minimum Gasteiger partial charge on any atom is -0.353 e. The largest absolute Gasteiger partial charge is 0.353 e. The van der Waals surface area contributed by atoms with E-state index in [0.29, 0.717) is 24.3 Å². The summed E-state index contributed by atoms with van der Waals surface area (Å²) in [7, 11) is 0. The van der Waals surface area contributed by atoms with Crippen molar-refractivity contribution in [3.8, 4) is 0 Å². The molecule has 1 saturated carbocycles. The second-order valence-electron chi connectivity index (χ2n) is 7.47. The molecule has 2 rings (SSSR count). The zero-order chi connectivity index (χ0) is 14.5. The van der Waals surface area contributed by atoms with Gasteiger partial charge in [-0.25, -0.2) is 0 Å². The molecule has 21 heavy (non-hydrogen) atoms. The third-order valence-electron chi connectivity index (χ3n) is 5.19. The molecule has 124 valence electrons. The van der Waals surface area contributed by atoms with E-state index < -0.39 is 0 Å². The molecular weight excluding hydrogens is 284 g/mol. The summed E-state index contributed by atoms with van der Waals surface area (Å²) in [6, 6.07) is 0.415. The molecule has 4 heteroatoms. The first-order valence-electron chi connectivity index (χ1n) is 8.54. The quantitative estimate of drug-likeness (QED) is 0.835. The summed E-state index contributed by atoms with van der Waals surface area (Å²) in [5.74, 6) is 2.96. The maximum Gasteiger partial charge on any atom is 0.220 e. The summed E-state index contributed by atoms with van der Waals surface area (Å²) in [5, 5.41) is 6.74. The van der Waals surface area contributed by atoms with Gasteiger partial charge in [-0.1, -0.05) is 20.8 Å². The van der Waals surface area contributed by atoms with Crippen molar-refractivity contribution in [2.75, 3.05) is 13.1 Å². The average molecular weight is 317 g/mol. The third kappa shape index (κ3) is 6.15. The summed E-state index contributed by atoms with van der Waals surface area (Å²) in [4.78, 5) is 12.2. The van der Waals surface area contributed by atoms with Crippen LogP contribution in [0.1, 0.15) is 59.3 Å². The normalized spacial score (nSPS) is 34.6. The molecule has 3 nitrogen and oxygen atoms in total. The number of carbonyl (C=O) groups is 1. The van der Waals surface area contributed by atoms with Gasteiger partial charge in [0.15, 0.2) is 0 Å². The van der Waals surface area contributed by atoms with Crippen LogP contribution in [0.4, 0.5) is 0 Å². The second kappa shape index (κ2) is 8.99. The van der Waals surface area contributed by atoms with Crippen LogP contribution in [-0.2, 0) is 4.79 Å². The number of piperidine rings is 1. The van der Waals surface area contributed by atoms with Crippen molar-refractivity contribution in [2.24, 2.45) is 23.7 Å². The molecule has 0 aromatic heterocycles. The standard InChI is InChI=1S/C17H32N2O.ClH/c1-12-7-13(2)9-16(8-12)19-17(20)10-14(3)15-5-4-6-18-11-15;/h12-16,18H,4-11H2,1-3H3,(H,19,20);1H. The number of carbonyl (C=O) groups excluding carboxylic acids is 1. The van der Waals surface area contributed by atoms with Crippen molar-refractivity contribution in [1.82, 2.24) is 10.6 Å². The molecular formula is C17H33ClN2O. The van der Waals surface area contributed by atoms with E-state index in [4.69, 9.17) is 0 Å². The molecule has 1 amide bonds. The van der Waals surface area contributed by atoms with Crippen LogP contribution >= 0.6 is 12.4 Å². The van der Waals surface area contributed by atoms with Gasteiger partial charge < -0.3 is 10.6 Å². The first-order valence-corrected chi connectivity index (χ1v) is 8.54. The van der Waals surface area contributed by atoms with E-state index in [-0.39, 0.29) is 18.3 Å². The molecule has 1 heterocycles. The van der Waals surface area contributed by atoms with Crippen molar-refractivity contribution in [3.05, 3.63) is 0 Å². The Kier molecular flexibility index (Phi) is 8.04. The minimum absolute atomic E-state index is 0. The second-order valence-corrected chi connectivity index (χ2v) is 7.47. The smallest absolute Gasteiger partial charge is 0.220 e. The molecule has 0 bridgehead atoms. The van der Waals surface area contributed by atoms with Crippen molar-refractivity contribution in [1.29, 1.82) is 0 Å². The number of rotatable bonds is 4. The van der Waals surface area contributed by atoms with E-state index in [2.05, 4.69) is 31.4 Å². The number of halogens is 1. The molecule has 2 fully saturated rings. The fourth-order valence-electron chi connectivity index (χ4n) is 4.17. The van der Waals surface area contributed by atoms with Gasteiger partial charge in [0.1, 0.15) is 0 Å². The zero-order valence-corrected chi connectivity index (χ0v) is 14.7. The van der Waals surface area contributed by atoms with Gasteiger partial charge in [0, 0.05) is 12.5 Å². The monoisotopic (exact) mass is 316 g/mol. The summed E-state index contributed by atoms with van der Waals surface area (Å²) in [6.45, 7) is 9.10. The highest BCUT2D eigenvalue weighted by Crippen LogP contribution is 2.29. The molecule has 1 aliphatic heterocycles. The Labute approximate surface area is 136 Å². The fraction of sp³-hybridized carbons (Fsp3) is 0.941. The predicted molar refractivity (Wildman–Crippen MR) is 90.7 cm³/mol. The molecule has 4 atom stereocenters. The maximum absolute atomic E-state index is 12.2. The Morgan fingerprint density at radius 1 is 1.24 bits per heavy atom. The SMILES string of the molecule is CC1CC(C)CC(NC(=O)CC(C)C2CCCNC2)C1.Cl. The summed E-state index contributed by atoms with van der Waals surface area (Å²) in [6.07, 6.45) is 6.88. The Hall–Kier alpha value is -0.280. The van der Waals surface area contributed by atoms with Gasteiger partial charge in [0.2, 0.25) is 5.91 Å². The van der Waals surface area contributed by atoms with Crippen molar-refractivity contribution in [2.45, 2.75) is 65.3 Å². The number of hydrogen-bond acceptors (Lipinski definition) is 2. The van der Waals surface area contributed by atoms with Crippen LogP contribution < -0.4 is 10.6 Å².